The summed E-state index contributed by atoms with van der Waals surface area (Å²) in [6, 6.07) is 0. The van der Waals surface area contributed by atoms with Gasteiger partial charge >= 0.3 is 13.8 Å². The number of unbranched alkanes of at least 4 members (excludes halogenated alkanes) is 29. The van der Waals surface area contributed by atoms with Gasteiger partial charge in [0.25, 0.3) is 0 Å². The van der Waals surface area contributed by atoms with Crippen molar-refractivity contribution in [1.82, 2.24) is 0 Å². The molecule has 1 rings (SSSR count). The molecule has 12 nitrogen and oxygen atoms in total. The Labute approximate surface area is 371 Å². The number of rotatable bonds is 43. The fourth-order valence-corrected chi connectivity index (χ4v) is 8.85. The minimum atomic E-state index is -5.02. The maximum absolute atomic E-state index is 12.8. The molecule has 1 aliphatic rings. The first-order valence-electron chi connectivity index (χ1n) is 25.0. The van der Waals surface area contributed by atoms with Crippen LogP contribution in [0.25, 0.3) is 0 Å². The van der Waals surface area contributed by atoms with Crippen molar-refractivity contribution >= 4 is 13.8 Å². The summed E-state index contributed by atoms with van der Waals surface area (Å²) in [5, 5.41) is 50.2. The number of phosphoric ester groups is 1. The fourth-order valence-electron chi connectivity index (χ4n) is 7.88. The lowest BCUT2D eigenvalue weighted by molar-refractivity contribution is -0.220. The Balaban J connectivity index is 2.35. The van der Waals surface area contributed by atoms with Crippen molar-refractivity contribution in [2.45, 2.75) is 268 Å². The summed E-state index contributed by atoms with van der Waals surface area (Å²) in [6.45, 7) is 4.29. The van der Waals surface area contributed by atoms with Crippen molar-refractivity contribution in [2.75, 3.05) is 19.8 Å². The van der Waals surface area contributed by atoms with Crippen LogP contribution in [0, 0.1) is 0 Å². The molecule has 0 aromatic carbocycles. The average molecular weight is 893 g/mol. The van der Waals surface area contributed by atoms with Crippen LogP contribution in [-0.2, 0) is 27.9 Å². The number of hydrogen-bond acceptors (Lipinski definition) is 11. The minimum Gasteiger partial charge on any atom is -0.457 e. The summed E-state index contributed by atoms with van der Waals surface area (Å²) < 4.78 is 34.3. The van der Waals surface area contributed by atoms with Gasteiger partial charge in [-0.25, -0.2) is 4.57 Å². The predicted octanol–water partition coefficient (Wildman–Crippen LogP) is 10.7. The van der Waals surface area contributed by atoms with Crippen molar-refractivity contribution in [3.63, 3.8) is 0 Å². The van der Waals surface area contributed by atoms with Crippen LogP contribution in [-0.4, -0.2) is 98.9 Å². The largest absolute Gasteiger partial charge is 0.472 e. The molecule has 1 saturated carbocycles. The predicted molar refractivity (Wildman–Crippen MR) is 244 cm³/mol. The lowest BCUT2D eigenvalue weighted by Crippen LogP contribution is -2.64. The number of aliphatic hydroxyl groups excluding tert-OH is 5. The molecule has 362 valence electrons. The molecule has 0 aromatic rings. The van der Waals surface area contributed by atoms with E-state index < -0.39 is 63.1 Å². The van der Waals surface area contributed by atoms with Gasteiger partial charge in [0.2, 0.25) is 0 Å². The van der Waals surface area contributed by atoms with E-state index in [-0.39, 0.29) is 13.0 Å². The van der Waals surface area contributed by atoms with E-state index in [0.29, 0.717) is 13.0 Å². The zero-order valence-electron chi connectivity index (χ0n) is 38.7. The first kappa shape index (κ1) is 58.1. The SMILES string of the molecule is CCCCCCCC/C=C\CCCCCCCCCC(=O)OC(COCCCCCCCCCCCCCCCCCCC)COP(=O)(O)OC1C(O)C(O)C(O)C(O)C1O. The highest BCUT2D eigenvalue weighted by Gasteiger charge is 2.51. The molecule has 1 fully saturated rings. The molecule has 13 heteroatoms. The van der Waals surface area contributed by atoms with E-state index in [9.17, 15) is 39.8 Å². The van der Waals surface area contributed by atoms with Crippen LogP contribution >= 0.6 is 7.82 Å². The quantitative estimate of drug-likeness (QED) is 0.0147. The molecule has 6 unspecified atom stereocenters. The van der Waals surface area contributed by atoms with Crippen LogP contribution in [0.4, 0.5) is 0 Å². The third-order valence-electron chi connectivity index (χ3n) is 11.9. The second kappa shape index (κ2) is 39.4. The Morgan fingerprint density at radius 3 is 1.30 bits per heavy atom. The third-order valence-corrected chi connectivity index (χ3v) is 12.9. The van der Waals surface area contributed by atoms with Crippen LogP contribution in [0.15, 0.2) is 12.2 Å². The Hall–Kier alpha value is -0.920. The summed E-state index contributed by atoms with van der Waals surface area (Å²) in [6.07, 6.45) is 31.3. The first-order chi connectivity index (χ1) is 29.5. The van der Waals surface area contributed by atoms with Gasteiger partial charge in [0, 0.05) is 13.0 Å². The summed E-state index contributed by atoms with van der Waals surface area (Å²) in [4.78, 5) is 23.2. The molecular weight excluding hydrogens is 799 g/mol. The third kappa shape index (κ3) is 31.6. The molecule has 0 saturated heterocycles. The van der Waals surface area contributed by atoms with Crippen LogP contribution in [0.1, 0.15) is 226 Å². The van der Waals surface area contributed by atoms with E-state index in [1.807, 2.05) is 0 Å². The van der Waals surface area contributed by atoms with Gasteiger partial charge in [0.15, 0.2) is 0 Å². The number of esters is 1. The van der Waals surface area contributed by atoms with Gasteiger partial charge in [0.05, 0.1) is 13.2 Å². The number of carbonyl (C=O) groups is 1. The zero-order chi connectivity index (χ0) is 44.8. The van der Waals surface area contributed by atoms with Crippen LogP contribution in [0.3, 0.4) is 0 Å². The molecule has 0 heterocycles. The topological polar surface area (TPSA) is 192 Å². The van der Waals surface area contributed by atoms with Crippen molar-refractivity contribution < 1.29 is 58.3 Å². The summed E-state index contributed by atoms with van der Waals surface area (Å²) >= 11 is 0. The molecule has 0 amide bonds. The molecule has 0 spiro atoms. The highest BCUT2D eigenvalue weighted by molar-refractivity contribution is 7.47. The first-order valence-corrected chi connectivity index (χ1v) is 26.5. The number of allylic oxidation sites excluding steroid dienone is 2. The molecule has 0 bridgehead atoms. The minimum absolute atomic E-state index is 0.0723. The highest BCUT2D eigenvalue weighted by atomic mass is 31.2. The van der Waals surface area contributed by atoms with Crippen molar-refractivity contribution in [3.05, 3.63) is 12.2 Å². The second-order valence-corrected chi connectivity index (χ2v) is 19.1. The van der Waals surface area contributed by atoms with Crippen LogP contribution in [0.5, 0.6) is 0 Å². The second-order valence-electron chi connectivity index (χ2n) is 17.7. The van der Waals surface area contributed by atoms with Crippen LogP contribution in [0.2, 0.25) is 0 Å². The lowest BCUT2D eigenvalue weighted by Gasteiger charge is -2.41. The van der Waals surface area contributed by atoms with Gasteiger partial charge in [-0.05, 0) is 38.5 Å². The van der Waals surface area contributed by atoms with E-state index in [1.165, 1.54) is 154 Å². The molecule has 0 aliphatic heterocycles. The molecule has 0 aromatic heterocycles. The smallest absolute Gasteiger partial charge is 0.457 e. The molecule has 61 heavy (non-hydrogen) atoms. The van der Waals surface area contributed by atoms with Gasteiger partial charge in [0.1, 0.15) is 42.7 Å². The van der Waals surface area contributed by atoms with Crippen molar-refractivity contribution in [2.24, 2.45) is 0 Å². The number of ether oxygens (including phenoxy) is 2. The standard InChI is InChI=1S/C48H93O12P/c1-3-5-7-9-11-13-15-17-19-21-23-25-27-29-31-33-35-37-42(49)59-41(40-58-61(55,56)60-48-46(53)44(51)43(50)45(52)47(48)54)39-57-38-36-34-32-30-28-26-24-22-20-18-16-14-12-10-8-6-4-2/h17,19,41,43-48,50-54H,3-16,18,20-40H2,1-2H3,(H,55,56)/b19-17-. The maximum atomic E-state index is 12.8. The van der Waals surface area contributed by atoms with E-state index in [2.05, 4.69) is 26.0 Å². The fraction of sp³-hybridized carbons (Fsp3) is 0.938. The van der Waals surface area contributed by atoms with E-state index >= 15 is 0 Å². The Morgan fingerprint density at radius 1 is 0.508 bits per heavy atom. The normalized spacial score (nSPS) is 22.2. The van der Waals surface area contributed by atoms with Gasteiger partial charge in [-0.3, -0.25) is 13.8 Å². The van der Waals surface area contributed by atoms with Crippen LogP contribution < -0.4 is 0 Å². The number of phosphoric acid groups is 1. The maximum Gasteiger partial charge on any atom is 0.472 e. The monoisotopic (exact) mass is 893 g/mol. The van der Waals surface area contributed by atoms with E-state index in [1.54, 1.807) is 0 Å². The van der Waals surface area contributed by atoms with Crippen molar-refractivity contribution in [1.29, 1.82) is 0 Å². The highest BCUT2D eigenvalue weighted by Crippen LogP contribution is 2.47. The van der Waals surface area contributed by atoms with Gasteiger partial charge in [-0.2, -0.15) is 0 Å². The van der Waals surface area contributed by atoms with E-state index in [0.717, 1.165) is 44.9 Å². The Kier molecular flexibility index (Phi) is 37.6. The number of aliphatic hydroxyl groups is 5. The Bertz CT molecular complexity index is 1060. The summed E-state index contributed by atoms with van der Waals surface area (Å²) in [5.74, 6) is -0.477. The molecule has 6 N–H and O–H groups in total. The zero-order valence-corrected chi connectivity index (χ0v) is 39.6. The van der Waals surface area contributed by atoms with Crippen molar-refractivity contribution in [3.8, 4) is 0 Å². The summed E-state index contributed by atoms with van der Waals surface area (Å²) in [7, 11) is -5.02. The number of hydrogen-bond donors (Lipinski definition) is 6. The summed E-state index contributed by atoms with van der Waals surface area (Å²) in [5.41, 5.74) is 0. The lowest BCUT2D eigenvalue weighted by atomic mass is 9.85. The van der Waals surface area contributed by atoms with E-state index in [4.69, 9.17) is 18.5 Å². The average Bonchev–Trinajstić information content (AvgIpc) is 3.24. The van der Waals surface area contributed by atoms with Gasteiger partial charge < -0.3 is 39.9 Å². The number of carbonyl (C=O) groups excluding carboxylic acids is 1. The molecular formula is C48H93O12P. The van der Waals surface area contributed by atoms with Gasteiger partial charge in [-0.15, -0.1) is 0 Å². The van der Waals surface area contributed by atoms with Gasteiger partial charge in [-0.1, -0.05) is 193 Å². The molecule has 6 atom stereocenters. The molecule has 1 aliphatic carbocycles. The Morgan fingerprint density at radius 2 is 0.869 bits per heavy atom. The molecule has 0 radical (unpaired) electrons.